The van der Waals surface area contributed by atoms with Crippen molar-refractivity contribution in [1.82, 2.24) is 0 Å². The molecule has 0 saturated carbocycles. The van der Waals surface area contributed by atoms with Gasteiger partial charge in [-0.15, -0.1) is 0 Å². The van der Waals surface area contributed by atoms with Crippen LogP contribution in [0.3, 0.4) is 0 Å². The Bertz CT molecular complexity index is 614. The minimum absolute atomic E-state index is 0.110. The summed E-state index contributed by atoms with van der Waals surface area (Å²) in [7, 11) is 0. The Labute approximate surface area is 121 Å². The second-order valence-electron chi connectivity index (χ2n) is 4.37. The number of benzene rings is 2. The number of nitrogens with one attached hydrogen (secondary N) is 1. The standard InChI is InChI=1S/C15H14ClFN2O/c16-12-3-6-14(17)11(8-12)9-20-13-4-1-10(2-5-13)7-15(18)19/h1-6,8H,7,9H2,(H3,18,19). The van der Waals surface area contributed by atoms with Crippen LogP contribution in [0.5, 0.6) is 5.75 Å². The van der Waals surface area contributed by atoms with Crippen LogP contribution >= 0.6 is 11.6 Å². The van der Waals surface area contributed by atoms with Crippen LogP contribution in [0.1, 0.15) is 11.1 Å². The highest BCUT2D eigenvalue weighted by Crippen LogP contribution is 2.18. The molecule has 0 radical (unpaired) electrons. The summed E-state index contributed by atoms with van der Waals surface area (Å²) in [5, 5.41) is 7.69. The molecule has 0 saturated heterocycles. The van der Waals surface area contributed by atoms with Gasteiger partial charge in [-0.05, 0) is 35.9 Å². The van der Waals surface area contributed by atoms with Gasteiger partial charge in [-0.25, -0.2) is 4.39 Å². The van der Waals surface area contributed by atoms with Gasteiger partial charge < -0.3 is 10.5 Å². The van der Waals surface area contributed by atoms with Crippen molar-refractivity contribution < 1.29 is 9.13 Å². The first-order chi connectivity index (χ1) is 9.54. The Morgan fingerprint density at radius 2 is 1.90 bits per heavy atom. The van der Waals surface area contributed by atoms with E-state index in [0.29, 0.717) is 22.8 Å². The van der Waals surface area contributed by atoms with Crippen LogP contribution in [0.2, 0.25) is 5.02 Å². The minimum Gasteiger partial charge on any atom is -0.489 e. The van der Waals surface area contributed by atoms with E-state index in [4.69, 9.17) is 27.5 Å². The molecule has 2 aromatic carbocycles. The molecule has 3 N–H and O–H groups in total. The molecule has 0 aromatic heterocycles. The van der Waals surface area contributed by atoms with Gasteiger partial charge >= 0.3 is 0 Å². The van der Waals surface area contributed by atoms with Gasteiger partial charge in [0.2, 0.25) is 0 Å². The van der Waals surface area contributed by atoms with Crippen molar-refractivity contribution in [3.05, 3.63) is 64.4 Å². The minimum atomic E-state index is -0.345. The predicted molar refractivity (Wildman–Crippen MR) is 77.8 cm³/mol. The maximum atomic E-state index is 13.5. The zero-order chi connectivity index (χ0) is 14.5. The van der Waals surface area contributed by atoms with Crippen LogP contribution in [0, 0.1) is 11.2 Å². The van der Waals surface area contributed by atoms with Crippen molar-refractivity contribution in [2.45, 2.75) is 13.0 Å². The average Bonchev–Trinajstić information content (AvgIpc) is 2.41. The second-order valence-corrected chi connectivity index (χ2v) is 4.81. The SMILES string of the molecule is N=C(N)Cc1ccc(OCc2cc(Cl)ccc2F)cc1. The molecule has 104 valence electrons. The summed E-state index contributed by atoms with van der Waals surface area (Å²) in [6.45, 7) is 0.110. The Morgan fingerprint density at radius 3 is 2.55 bits per heavy atom. The fourth-order valence-electron chi connectivity index (χ4n) is 1.74. The number of hydrogen-bond donors (Lipinski definition) is 2. The highest BCUT2D eigenvalue weighted by atomic mass is 35.5. The lowest BCUT2D eigenvalue weighted by molar-refractivity contribution is 0.300. The fourth-order valence-corrected chi connectivity index (χ4v) is 1.93. The Balaban J connectivity index is 2.00. The molecule has 0 heterocycles. The van der Waals surface area contributed by atoms with Crippen LogP contribution in [-0.2, 0) is 13.0 Å². The maximum Gasteiger partial charge on any atom is 0.129 e. The topological polar surface area (TPSA) is 59.1 Å². The Hall–Kier alpha value is -2.07. The maximum absolute atomic E-state index is 13.5. The van der Waals surface area contributed by atoms with Crippen LogP contribution in [0.4, 0.5) is 4.39 Å². The number of hydrogen-bond acceptors (Lipinski definition) is 2. The molecule has 0 atom stereocenters. The van der Waals surface area contributed by atoms with Gasteiger partial charge in [0, 0.05) is 17.0 Å². The van der Waals surface area contributed by atoms with Crippen LogP contribution in [0.25, 0.3) is 0 Å². The zero-order valence-electron chi connectivity index (χ0n) is 10.7. The largest absolute Gasteiger partial charge is 0.489 e. The van der Waals surface area contributed by atoms with Gasteiger partial charge in [-0.2, -0.15) is 0 Å². The van der Waals surface area contributed by atoms with E-state index in [2.05, 4.69) is 0 Å². The molecule has 0 aliphatic heterocycles. The summed E-state index contributed by atoms with van der Waals surface area (Å²) in [5.74, 6) is 0.388. The van der Waals surface area contributed by atoms with E-state index in [1.165, 1.54) is 12.1 Å². The van der Waals surface area contributed by atoms with Gasteiger partial charge in [0.1, 0.15) is 18.2 Å². The third-order valence-corrected chi connectivity index (χ3v) is 2.96. The lowest BCUT2D eigenvalue weighted by Crippen LogP contribution is -2.12. The molecule has 2 aromatic rings. The summed E-state index contributed by atoms with van der Waals surface area (Å²) in [6, 6.07) is 11.5. The molecule has 0 unspecified atom stereocenters. The number of nitrogens with two attached hydrogens (primary N) is 1. The first-order valence-corrected chi connectivity index (χ1v) is 6.41. The lowest BCUT2D eigenvalue weighted by Gasteiger charge is -2.08. The molecule has 0 aliphatic rings. The Morgan fingerprint density at radius 1 is 1.20 bits per heavy atom. The molecular formula is C15H14ClFN2O. The second kappa shape index (κ2) is 6.39. The van der Waals surface area contributed by atoms with Gasteiger partial charge in [-0.1, -0.05) is 23.7 Å². The van der Waals surface area contributed by atoms with Gasteiger partial charge in [0.05, 0.1) is 5.84 Å². The smallest absolute Gasteiger partial charge is 0.129 e. The molecule has 20 heavy (non-hydrogen) atoms. The molecule has 3 nitrogen and oxygen atoms in total. The van der Waals surface area contributed by atoms with E-state index >= 15 is 0 Å². The summed E-state index contributed by atoms with van der Waals surface area (Å²) >= 11 is 5.81. The highest BCUT2D eigenvalue weighted by molar-refractivity contribution is 6.30. The zero-order valence-corrected chi connectivity index (χ0v) is 11.5. The van der Waals surface area contributed by atoms with E-state index in [-0.39, 0.29) is 18.3 Å². The van der Waals surface area contributed by atoms with Crippen molar-refractivity contribution in [3.8, 4) is 5.75 Å². The number of halogens is 2. The van der Waals surface area contributed by atoms with Gasteiger partial charge in [0.25, 0.3) is 0 Å². The van der Waals surface area contributed by atoms with Crippen LogP contribution in [0.15, 0.2) is 42.5 Å². The van der Waals surface area contributed by atoms with Crippen molar-refractivity contribution >= 4 is 17.4 Å². The van der Waals surface area contributed by atoms with E-state index in [1.54, 1.807) is 18.2 Å². The third-order valence-electron chi connectivity index (χ3n) is 2.72. The van der Waals surface area contributed by atoms with E-state index < -0.39 is 0 Å². The molecule has 0 fully saturated rings. The molecule has 0 amide bonds. The third kappa shape index (κ3) is 3.96. The number of amidine groups is 1. The van der Waals surface area contributed by atoms with E-state index in [1.807, 2.05) is 12.1 Å². The quantitative estimate of drug-likeness (QED) is 0.654. The predicted octanol–water partition coefficient (Wildman–Crippen LogP) is 3.54. The monoisotopic (exact) mass is 292 g/mol. The van der Waals surface area contributed by atoms with Gasteiger partial charge in [0.15, 0.2) is 0 Å². The van der Waals surface area contributed by atoms with Crippen LogP contribution < -0.4 is 10.5 Å². The molecular weight excluding hydrogens is 279 g/mol. The lowest BCUT2D eigenvalue weighted by atomic mass is 10.1. The number of rotatable bonds is 5. The van der Waals surface area contributed by atoms with Gasteiger partial charge in [-0.3, -0.25) is 5.41 Å². The van der Waals surface area contributed by atoms with Crippen molar-refractivity contribution in [2.75, 3.05) is 0 Å². The normalized spacial score (nSPS) is 10.3. The van der Waals surface area contributed by atoms with Crippen LogP contribution in [-0.4, -0.2) is 5.84 Å². The molecule has 0 bridgehead atoms. The summed E-state index contributed by atoms with van der Waals surface area (Å²) in [4.78, 5) is 0. The summed E-state index contributed by atoms with van der Waals surface area (Å²) in [5.41, 5.74) is 6.66. The Kier molecular flexibility index (Phi) is 4.58. The molecule has 0 spiro atoms. The van der Waals surface area contributed by atoms with E-state index in [9.17, 15) is 4.39 Å². The molecule has 2 rings (SSSR count). The first kappa shape index (κ1) is 14.3. The molecule has 0 aliphatic carbocycles. The highest BCUT2D eigenvalue weighted by Gasteiger charge is 2.04. The van der Waals surface area contributed by atoms with Crippen molar-refractivity contribution in [1.29, 1.82) is 5.41 Å². The first-order valence-electron chi connectivity index (χ1n) is 6.03. The van der Waals surface area contributed by atoms with Crippen molar-refractivity contribution in [2.24, 2.45) is 5.73 Å². The summed E-state index contributed by atoms with van der Waals surface area (Å²) in [6.07, 6.45) is 0.406. The fraction of sp³-hybridized carbons (Fsp3) is 0.133. The molecule has 5 heteroatoms. The average molecular weight is 293 g/mol. The number of ether oxygens (including phenoxy) is 1. The summed E-state index contributed by atoms with van der Waals surface area (Å²) < 4.78 is 19.0. The van der Waals surface area contributed by atoms with Crippen molar-refractivity contribution in [3.63, 3.8) is 0 Å². The van der Waals surface area contributed by atoms with E-state index in [0.717, 1.165) is 5.56 Å².